The maximum absolute atomic E-state index is 10.9. The first-order valence-electron chi connectivity index (χ1n) is 7.42. The molecule has 10 heterocycles. The van der Waals surface area contributed by atoms with Gasteiger partial charge in [0.05, 0.1) is 0 Å². The molecule has 0 aromatic rings. The third kappa shape index (κ3) is 0.0532. The zero-order chi connectivity index (χ0) is 10.0. The van der Waals surface area contributed by atoms with Crippen LogP contribution in [0.2, 0.25) is 47.7 Å². The van der Waals surface area contributed by atoms with Crippen molar-refractivity contribution in [2.75, 3.05) is 0 Å². The molecule has 5 atom stereocenters. The van der Waals surface area contributed by atoms with E-state index in [9.17, 15) is 5.11 Å². The molecule has 16 heavy (non-hydrogen) atoms. The quantitative estimate of drug-likeness (QED) is 0.761. The average Bonchev–Trinajstić information content (AvgIpc) is 3.23. The predicted molar refractivity (Wildman–Crippen MR) is 57.4 cm³/mol. The molecule has 88 valence electrons. The standard InChI is InChI=1S/C9H13O.C5H5.Fe/c1-2-5-9(10)8-6-3-4-7-8;1-2-4-5-3-1;/h3-4,6-7,9-10H,2,5H2,1H3;1-5H;. The van der Waals surface area contributed by atoms with E-state index in [1.807, 2.05) is 0 Å². The van der Waals surface area contributed by atoms with Gasteiger partial charge in [0.1, 0.15) is 0 Å². The Kier molecular flexibility index (Phi) is 0.177. The summed E-state index contributed by atoms with van der Waals surface area (Å²) < 4.78 is 0.759. The van der Waals surface area contributed by atoms with Crippen LogP contribution in [0.1, 0.15) is 19.8 Å². The Balaban J connectivity index is 1.60. The first kappa shape index (κ1) is 6.08. The van der Waals surface area contributed by atoms with E-state index in [1.54, 1.807) is 0 Å². The SMILES string of the molecule is CCCC(O)[C]12[CH]3[CH]4[CH]5[CH]1[Fe]45321678[CH]2[CH]1[CH]6[CH]7[CH]28. The summed E-state index contributed by atoms with van der Waals surface area (Å²) >= 11 is 0. The van der Waals surface area contributed by atoms with Crippen LogP contribution in [0.15, 0.2) is 0 Å². The summed E-state index contributed by atoms with van der Waals surface area (Å²) in [5.41, 5.74) is 0. The van der Waals surface area contributed by atoms with Crippen LogP contribution in [0.25, 0.3) is 0 Å². The second-order valence-corrected chi connectivity index (χ2v) is 34.6. The minimum absolute atomic E-state index is 0.200. The Hall–Kier alpha value is 0.479. The van der Waals surface area contributed by atoms with Crippen LogP contribution in [0.4, 0.5) is 0 Å². The Morgan fingerprint density at radius 2 is 1.50 bits per heavy atom. The van der Waals surface area contributed by atoms with Crippen LogP contribution in [0.3, 0.4) is 0 Å². The average molecular weight is 258 g/mol. The van der Waals surface area contributed by atoms with E-state index in [4.69, 9.17) is 0 Å². The fourth-order valence-corrected chi connectivity index (χ4v) is 92.8. The molecule has 0 bridgehead atoms. The fourth-order valence-electron chi connectivity index (χ4n) is 17.8. The number of aliphatic hydroxyl groups is 1. The van der Waals surface area contributed by atoms with Gasteiger partial charge in [0.15, 0.2) is 0 Å². The number of rotatable bonds is 3. The first-order chi connectivity index (χ1) is 7.53. The molecule has 10 aliphatic rings. The molecule has 1 spiro atoms. The molecule has 0 aromatic heterocycles. The van der Waals surface area contributed by atoms with Gasteiger partial charge in [-0.25, -0.2) is 0 Å². The van der Waals surface area contributed by atoms with Gasteiger partial charge < -0.3 is 0 Å². The third-order valence-corrected chi connectivity index (χ3v) is 58.5. The second kappa shape index (κ2) is 0.466. The zero-order valence-electron chi connectivity index (χ0n) is 9.49. The maximum atomic E-state index is 10.9. The van der Waals surface area contributed by atoms with E-state index < -0.39 is 6.51 Å². The molecular weight excluding hydrogens is 240 g/mol. The normalized spacial score (nSPS) is 128. The van der Waals surface area contributed by atoms with Crippen molar-refractivity contribution < 1.29 is 11.6 Å². The fraction of sp³-hybridized carbons (Fsp3) is 1.00. The Morgan fingerprint density at radius 3 is 1.75 bits per heavy atom. The Labute approximate surface area is 85.3 Å². The third-order valence-electron chi connectivity index (χ3n) is 15.9. The van der Waals surface area contributed by atoms with Crippen LogP contribution < -0.4 is 0 Å². The van der Waals surface area contributed by atoms with E-state index in [-0.39, 0.29) is 6.10 Å². The van der Waals surface area contributed by atoms with Gasteiger partial charge in [0, 0.05) is 0 Å². The van der Waals surface area contributed by atoms with Gasteiger partial charge in [0.2, 0.25) is 0 Å². The van der Waals surface area contributed by atoms with E-state index in [0.717, 1.165) is 10.7 Å². The van der Waals surface area contributed by atoms with Gasteiger partial charge >= 0.3 is 85.1 Å². The molecule has 0 aliphatic carbocycles. The van der Waals surface area contributed by atoms with Crippen molar-refractivity contribution in [1.82, 2.24) is 0 Å². The molecule has 10 rings (SSSR count). The topological polar surface area (TPSA) is 20.2 Å². The molecule has 0 amide bonds. The zero-order valence-corrected chi connectivity index (χ0v) is 10.6. The molecular formula is C14H18FeO. The van der Waals surface area contributed by atoms with Crippen molar-refractivity contribution in [3.63, 3.8) is 0 Å². The summed E-state index contributed by atoms with van der Waals surface area (Å²) in [5.74, 6) is 0. The van der Waals surface area contributed by atoms with E-state index >= 15 is 0 Å². The van der Waals surface area contributed by atoms with Crippen molar-refractivity contribution in [3.8, 4) is 0 Å². The molecule has 1 nitrogen and oxygen atoms in total. The molecule has 10 fully saturated rings. The van der Waals surface area contributed by atoms with Crippen LogP contribution in [-0.2, 0) is 6.51 Å². The molecule has 1 N–H and O–H groups in total. The molecule has 0 aromatic carbocycles. The van der Waals surface area contributed by atoms with Crippen molar-refractivity contribution in [2.45, 2.75) is 73.5 Å². The minimum atomic E-state index is -2.90. The van der Waals surface area contributed by atoms with E-state index in [1.165, 1.54) is 49.8 Å². The molecule has 10 saturated heterocycles. The first-order valence-corrected chi connectivity index (χ1v) is 13.7. The Morgan fingerprint density at radius 1 is 1.00 bits per heavy atom. The number of aliphatic hydroxyl groups excluding tert-OH is 1. The predicted octanol–water partition coefficient (Wildman–Crippen LogP) is 3.91. The number of hydrogen-bond acceptors (Lipinski definition) is 1. The van der Waals surface area contributed by atoms with Gasteiger partial charge in [-0.1, -0.05) is 0 Å². The van der Waals surface area contributed by atoms with Gasteiger partial charge in [-0.15, -0.1) is 0 Å². The van der Waals surface area contributed by atoms with Gasteiger partial charge in [-0.05, 0) is 0 Å². The summed E-state index contributed by atoms with van der Waals surface area (Å²) in [5, 5.41) is 10.9. The summed E-state index contributed by atoms with van der Waals surface area (Å²) in [4.78, 5) is 12.3. The van der Waals surface area contributed by atoms with Crippen LogP contribution in [0.5, 0.6) is 0 Å². The Bertz CT molecular complexity index is 833. The number of hydrogen-bond donors (Lipinski definition) is 1. The van der Waals surface area contributed by atoms with Crippen molar-refractivity contribution in [3.05, 3.63) is 0 Å². The van der Waals surface area contributed by atoms with E-state index in [0.29, 0.717) is 0 Å². The van der Waals surface area contributed by atoms with E-state index in [2.05, 4.69) is 6.92 Å². The van der Waals surface area contributed by atoms with Gasteiger partial charge in [0.25, 0.3) is 0 Å². The van der Waals surface area contributed by atoms with Crippen molar-refractivity contribution in [1.29, 1.82) is 0 Å². The summed E-state index contributed by atoms with van der Waals surface area (Å²) in [6, 6.07) is 0. The molecule has 0 saturated carbocycles. The summed E-state index contributed by atoms with van der Waals surface area (Å²) in [7, 11) is 0. The van der Waals surface area contributed by atoms with Gasteiger partial charge in [-0.2, -0.15) is 0 Å². The summed E-state index contributed by atoms with van der Waals surface area (Å²) in [6.45, 7) is -0.632. The van der Waals surface area contributed by atoms with Crippen LogP contribution >= 0.6 is 0 Å². The van der Waals surface area contributed by atoms with Crippen LogP contribution in [-0.4, -0.2) is 11.2 Å². The van der Waals surface area contributed by atoms with Crippen LogP contribution in [0, 0.1) is 0 Å². The van der Waals surface area contributed by atoms with Crippen molar-refractivity contribution in [2.24, 2.45) is 0 Å². The molecule has 5 unspecified atom stereocenters. The van der Waals surface area contributed by atoms with Crippen molar-refractivity contribution >= 4 is 0 Å². The summed E-state index contributed by atoms with van der Waals surface area (Å²) in [6.07, 6.45) is 2.58. The van der Waals surface area contributed by atoms with Gasteiger partial charge in [-0.3, -0.25) is 0 Å². The molecule has 10 aliphatic heterocycles. The monoisotopic (exact) mass is 258 g/mol. The number of fused-ring (bicyclic) bond motifs is 10. The second-order valence-electron chi connectivity index (χ2n) is 11.0. The molecule has 0 radical (unpaired) electrons. The molecule has 2 heteroatoms.